The lowest BCUT2D eigenvalue weighted by Gasteiger charge is -2.21. The summed E-state index contributed by atoms with van der Waals surface area (Å²) in [5, 5.41) is 0. The molecule has 132 valence electrons. The van der Waals surface area contributed by atoms with Crippen LogP contribution in [-0.4, -0.2) is 25.0 Å². The van der Waals surface area contributed by atoms with E-state index in [9.17, 15) is 4.79 Å². The summed E-state index contributed by atoms with van der Waals surface area (Å²) in [6.07, 6.45) is 3.01. The first-order valence-electron chi connectivity index (χ1n) is 8.79. The van der Waals surface area contributed by atoms with E-state index >= 15 is 0 Å². The molecule has 2 atom stereocenters. The SMILES string of the molecule is CCCC1CC(C(=O)N(C)c2ccc(Oc3ccccc3)cc2)NN1. The van der Waals surface area contributed by atoms with Crippen molar-refractivity contribution in [1.29, 1.82) is 0 Å². The Morgan fingerprint density at radius 2 is 1.76 bits per heavy atom. The molecule has 5 heteroatoms. The van der Waals surface area contributed by atoms with Crippen LogP contribution in [0.25, 0.3) is 0 Å². The summed E-state index contributed by atoms with van der Waals surface area (Å²) >= 11 is 0. The summed E-state index contributed by atoms with van der Waals surface area (Å²) in [6, 6.07) is 17.4. The van der Waals surface area contributed by atoms with Crippen LogP contribution in [-0.2, 0) is 4.79 Å². The predicted octanol–water partition coefficient (Wildman–Crippen LogP) is 3.48. The molecule has 1 aliphatic heterocycles. The maximum Gasteiger partial charge on any atom is 0.245 e. The number of para-hydroxylation sites is 1. The molecule has 1 fully saturated rings. The Hall–Kier alpha value is -2.37. The maximum absolute atomic E-state index is 12.7. The van der Waals surface area contributed by atoms with Crippen molar-refractivity contribution >= 4 is 11.6 Å². The van der Waals surface area contributed by atoms with Crippen molar-refractivity contribution in [3.05, 3.63) is 54.6 Å². The Balaban J connectivity index is 1.60. The van der Waals surface area contributed by atoms with Crippen LogP contribution in [0, 0.1) is 0 Å². The number of hydrogen-bond acceptors (Lipinski definition) is 4. The van der Waals surface area contributed by atoms with Gasteiger partial charge in [0.05, 0.1) is 0 Å². The van der Waals surface area contributed by atoms with Crippen molar-refractivity contribution in [3.63, 3.8) is 0 Å². The molecule has 1 saturated heterocycles. The van der Waals surface area contributed by atoms with E-state index in [1.165, 1.54) is 0 Å². The predicted molar refractivity (Wildman–Crippen MR) is 99.7 cm³/mol. The molecule has 3 rings (SSSR count). The minimum absolute atomic E-state index is 0.0721. The van der Waals surface area contributed by atoms with E-state index in [1.807, 2.05) is 61.6 Å². The second kappa shape index (κ2) is 8.14. The van der Waals surface area contributed by atoms with Crippen LogP contribution in [0.5, 0.6) is 11.5 Å². The van der Waals surface area contributed by atoms with E-state index in [2.05, 4.69) is 17.8 Å². The van der Waals surface area contributed by atoms with Gasteiger partial charge in [-0.05, 0) is 49.2 Å². The number of carbonyl (C=O) groups is 1. The number of nitrogens with one attached hydrogen (secondary N) is 2. The van der Waals surface area contributed by atoms with Gasteiger partial charge in [-0.3, -0.25) is 10.2 Å². The Kier molecular flexibility index (Phi) is 5.68. The fourth-order valence-corrected chi connectivity index (χ4v) is 3.05. The summed E-state index contributed by atoms with van der Waals surface area (Å²) < 4.78 is 5.79. The van der Waals surface area contributed by atoms with Gasteiger partial charge in [0.1, 0.15) is 17.5 Å². The zero-order chi connectivity index (χ0) is 17.6. The van der Waals surface area contributed by atoms with E-state index in [-0.39, 0.29) is 11.9 Å². The third-order valence-corrected chi connectivity index (χ3v) is 4.45. The van der Waals surface area contributed by atoms with Crippen LogP contribution in [0.15, 0.2) is 54.6 Å². The lowest BCUT2D eigenvalue weighted by Crippen LogP contribution is -2.44. The largest absolute Gasteiger partial charge is 0.457 e. The minimum Gasteiger partial charge on any atom is -0.457 e. The van der Waals surface area contributed by atoms with Gasteiger partial charge in [0.25, 0.3) is 0 Å². The highest BCUT2D eigenvalue weighted by Gasteiger charge is 2.30. The molecule has 2 N–H and O–H groups in total. The topological polar surface area (TPSA) is 53.6 Å². The van der Waals surface area contributed by atoms with E-state index in [4.69, 9.17) is 4.74 Å². The molecule has 25 heavy (non-hydrogen) atoms. The lowest BCUT2D eigenvalue weighted by molar-refractivity contribution is -0.120. The van der Waals surface area contributed by atoms with Crippen molar-refractivity contribution in [1.82, 2.24) is 10.9 Å². The van der Waals surface area contributed by atoms with Gasteiger partial charge < -0.3 is 9.64 Å². The Morgan fingerprint density at radius 1 is 1.08 bits per heavy atom. The molecule has 0 spiro atoms. The molecule has 0 bridgehead atoms. The monoisotopic (exact) mass is 339 g/mol. The molecule has 0 aliphatic carbocycles. The lowest BCUT2D eigenvalue weighted by atomic mass is 10.1. The molecule has 1 amide bonds. The number of hydrazine groups is 1. The number of likely N-dealkylation sites (N-methyl/N-ethyl adjacent to an activating group) is 1. The third kappa shape index (κ3) is 4.38. The molecule has 1 heterocycles. The zero-order valence-corrected chi connectivity index (χ0v) is 14.7. The molecule has 0 saturated carbocycles. The number of carbonyl (C=O) groups excluding carboxylic acids is 1. The van der Waals surface area contributed by atoms with Gasteiger partial charge >= 0.3 is 0 Å². The van der Waals surface area contributed by atoms with Crippen molar-refractivity contribution in [2.45, 2.75) is 38.3 Å². The average Bonchev–Trinajstić information content (AvgIpc) is 3.11. The molecular formula is C20H25N3O2. The van der Waals surface area contributed by atoms with Gasteiger partial charge in [0.2, 0.25) is 5.91 Å². The highest BCUT2D eigenvalue weighted by atomic mass is 16.5. The number of rotatable bonds is 6. The number of amides is 1. The third-order valence-electron chi connectivity index (χ3n) is 4.45. The first-order chi connectivity index (χ1) is 12.2. The quantitative estimate of drug-likeness (QED) is 0.846. The highest BCUT2D eigenvalue weighted by molar-refractivity contribution is 5.96. The second-order valence-corrected chi connectivity index (χ2v) is 6.37. The van der Waals surface area contributed by atoms with Crippen molar-refractivity contribution in [2.24, 2.45) is 0 Å². The maximum atomic E-state index is 12.7. The van der Waals surface area contributed by atoms with Gasteiger partial charge in [-0.15, -0.1) is 0 Å². The van der Waals surface area contributed by atoms with Gasteiger partial charge in [-0.2, -0.15) is 0 Å². The van der Waals surface area contributed by atoms with Crippen LogP contribution in [0.4, 0.5) is 5.69 Å². The second-order valence-electron chi connectivity index (χ2n) is 6.37. The van der Waals surface area contributed by atoms with Gasteiger partial charge in [-0.25, -0.2) is 5.43 Å². The number of ether oxygens (including phenoxy) is 1. The fourth-order valence-electron chi connectivity index (χ4n) is 3.05. The Labute approximate surface area is 149 Å². The van der Waals surface area contributed by atoms with Crippen LogP contribution in [0.1, 0.15) is 26.2 Å². The minimum atomic E-state index is -0.179. The number of hydrogen-bond donors (Lipinski definition) is 2. The van der Waals surface area contributed by atoms with Crippen molar-refractivity contribution in [3.8, 4) is 11.5 Å². The van der Waals surface area contributed by atoms with E-state index in [0.29, 0.717) is 6.04 Å². The number of anilines is 1. The fraction of sp³-hybridized carbons (Fsp3) is 0.350. The molecule has 2 aromatic rings. The van der Waals surface area contributed by atoms with E-state index in [0.717, 1.165) is 36.4 Å². The number of benzene rings is 2. The summed E-state index contributed by atoms with van der Waals surface area (Å²) in [6.45, 7) is 2.15. The van der Waals surface area contributed by atoms with Crippen molar-refractivity contribution in [2.75, 3.05) is 11.9 Å². The molecule has 2 unspecified atom stereocenters. The summed E-state index contributed by atoms with van der Waals surface area (Å²) in [7, 11) is 1.81. The molecule has 2 aromatic carbocycles. The first-order valence-corrected chi connectivity index (χ1v) is 8.79. The Morgan fingerprint density at radius 3 is 2.44 bits per heavy atom. The average molecular weight is 339 g/mol. The molecule has 0 radical (unpaired) electrons. The summed E-state index contributed by atoms with van der Waals surface area (Å²) in [5.74, 6) is 1.62. The smallest absolute Gasteiger partial charge is 0.245 e. The normalized spacial score (nSPS) is 19.6. The van der Waals surface area contributed by atoms with Gasteiger partial charge in [-0.1, -0.05) is 31.5 Å². The first kappa shape index (κ1) is 17.5. The Bertz CT molecular complexity index is 688. The highest BCUT2D eigenvalue weighted by Crippen LogP contribution is 2.24. The van der Waals surface area contributed by atoms with Crippen LogP contribution < -0.4 is 20.5 Å². The molecule has 1 aliphatic rings. The van der Waals surface area contributed by atoms with Crippen LogP contribution >= 0.6 is 0 Å². The van der Waals surface area contributed by atoms with Crippen LogP contribution in [0.3, 0.4) is 0 Å². The molecule has 0 aromatic heterocycles. The van der Waals surface area contributed by atoms with Gasteiger partial charge in [0.15, 0.2) is 0 Å². The van der Waals surface area contributed by atoms with E-state index < -0.39 is 0 Å². The summed E-state index contributed by atoms with van der Waals surface area (Å²) in [5.41, 5.74) is 7.19. The number of nitrogens with zero attached hydrogens (tertiary/aromatic N) is 1. The van der Waals surface area contributed by atoms with E-state index in [1.54, 1.807) is 4.90 Å². The summed E-state index contributed by atoms with van der Waals surface area (Å²) in [4.78, 5) is 14.4. The standard InChI is InChI=1S/C20H25N3O2/c1-3-7-15-14-19(22-21-15)20(24)23(2)16-10-12-18(13-11-16)25-17-8-5-4-6-9-17/h4-6,8-13,15,19,21-22H,3,7,14H2,1-2H3. The van der Waals surface area contributed by atoms with Crippen LogP contribution in [0.2, 0.25) is 0 Å². The molecular weight excluding hydrogens is 314 g/mol. The molecule has 5 nitrogen and oxygen atoms in total. The van der Waals surface area contributed by atoms with Gasteiger partial charge in [0, 0.05) is 18.8 Å². The zero-order valence-electron chi connectivity index (χ0n) is 14.7. The van der Waals surface area contributed by atoms with Crippen molar-refractivity contribution < 1.29 is 9.53 Å².